The van der Waals surface area contributed by atoms with Crippen LogP contribution < -0.4 is 5.32 Å². The van der Waals surface area contributed by atoms with Crippen molar-refractivity contribution in [1.29, 1.82) is 0 Å². The summed E-state index contributed by atoms with van der Waals surface area (Å²) in [6.45, 7) is 7.77. The van der Waals surface area contributed by atoms with Crippen molar-refractivity contribution in [2.75, 3.05) is 0 Å². The van der Waals surface area contributed by atoms with Gasteiger partial charge in [-0.1, -0.05) is 12.1 Å². The number of thiazole rings is 1. The first kappa shape index (κ1) is 13.7. The van der Waals surface area contributed by atoms with Crippen LogP contribution in [0.5, 0.6) is 0 Å². The summed E-state index contributed by atoms with van der Waals surface area (Å²) in [5.41, 5.74) is 1.50. The third-order valence-electron chi connectivity index (χ3n) is 3.05. The predicted octanol–water partition coefficient (Wildman–Crippen LogP) is 2.94. The third kappa shape index (κ3) is 2.84. The van der Waals surface area contributed by atoms with Gasteiger partial charge in [-0.25, -0.2) is 4.98 Å². The zero-order chi connectivity index (χ0) is 14.0. The lowest BCUT2D eigenvalue weighted by atomic mass is 10.2. The van der Waals surface area contributed by atoms with Crippen molar-refractivity contribution in [3.8, 4) is 0 Å². The van der Waals surface area contributed by atoms with Gasteiger partial charge < -0.3 is 9.84 Å². The number of nitrogens with zero attached hydrogens (tertiary/aromatic N) is 2. The van der Waals surface area contributed by atoms with E-state index in [2.05, 4.69) is 15.5 Å². The molecule has 19 heavy (non-hydrogen) atoms. The molecule has 0 fully saturated rings. The van der Waals surface area contributed by atoms with Crippen LogP contribution in [0.15, 0.2) is 10.7 Å². The largest absolute Gasteiger partial charge is 0.361 e. The number of hydrogen-bond acceptors (Lipinski definition) is 5. The molecular weight excluding hydrogens is 262 g/mol. The van der Waals surface area contributed by atoms with Gasteiger partial charge in [0.2, 0.25) is 0 Å². The van der Waals surface area contributed by atoms with Crippen LogP contribution in [0.4, 0.5) is 0 Å². The fourth-order valence-corrected chi connectivity index (χ4v) is 2.80. The van der Waals surface area contributed by atoms with E-state index in [4.69, 9.17) is 4.52 Å². The fraction of sp³-hybridized carbons (Fsp3) is 0.462. The maximum Gasteiger partial charge on any atom is 0.257 e. The van der Waals surface area contributed by atoms with Crippen LogP contribution in [0.25, 0.3) is 0 Å². The lowest BCUT2D eigenvalue weighted by Gasteiger charge is -2.13. The molecule has 0 bridgehead atoms. The van der Waals surface area contributed by atoms with Crippen molar-refractivity contribution >= 4 is 17.2 Å². The average molecular weight is 279 g/mol. The second-order valence-corrected chi connectivity index (χ2v) is 5.66. The molecule has 102 valence electrons. The highest BCUT2D eigenvalue weighted by Gasteiger charge is 2.20. The molecule has 0 aliphatic rings. The Morgan fingerprint density at radius 1 is 1.47 bits per heavy atom. The molecule has 0 saturated heterocycles. The van der Waals surface area contributed by atoms with Gasteiger partial charge in [-0.3, -0.25) is 4.79 Å². The van der Waals surface area contributed by atoms with Crippen molar-refractivity contribution in [3.05, 3.63) is 33.1 Å². The van der Waals surface area contributed by atoms with Crippen LogP contribution in [0.1, 0.15) is 51.1 Å². The quantitative estimate of drug-likeness (QED) is 0.934. The van der Waals surface area contributed by atoms with Crippen LogP contribution in [0, 0.1) is 20.8 Å². The molecule has 0 unspecified atom stereocenters. The number of amides is 1. The minimum absolute atomic E-state index is 0.0702. The molecule has 0 saturated carbocycles. The summed E-state index contributed by atoms with van der Waals surface area (Å²) in [5.74, 6) is 0.356. The molecule has 1 N–H and O–H groups in total. The summed E-state index contributed by atoms with van der Waals surface area (Å²) in [6.07, 6.45) is 2.23. The van der Waals surface area contributed by atoms with E-state index in [9.17, 15) is 4.79 Å². The molecule has 2 heterocycles. The topological polar surface area (TPSA) is 68.0 Å². The normalized spacial score (nSPS) is 12.4. The molecule has 0 aliphatic carbocycles. The highest BCUT2D eigenvalue weighted by Crippen LogP contribution is 2.25. The van der Waals surface area contributed by atoms with Gasteiger partial charge in [0.15, 0.2) is 0 Å². The Morgan fingerprint density at radius 3 is 2.68 bits per heavy atom. The van der Waals surface area contributed by atoms with Crippen LogP contribution in [0.3, 0.4) is 0 Å². The van der Waals surface area contributed by atoms with Gasteiger partial charge in [0, 0.05) is 4.88 Å². The standard InChI is InChI=1S/C13H17N3O2S/c1-5-11(13-15-7(2)9(4)19-13)16-12(17)10-6-14-18-8(10)3/h6,11H,5H2,1-4H3,(H,16,17)/t11-/m1/s1. The Labute approximate surface area is 116 Å². The monoisotopic (exact) mass is 279 g/mol. The molecule has 1 amide bonds. The molecule has 2 rings (SSSR count). The minimum atomic E-state index is -0.170. The fourth-order valence-electron chi connectivity index (χ4n) is 1.74. The van der Waals surface area contributed by atoms with Gasteiger partial charge in [0.05, 0.1) is 17.9 Å². The van der Waals surface area contributed by atoms with E-state index < -0.39 is 0 Å². The Kier molecular flexibility index (Phi) is 3.99. The summed E-state index contributed by atoms with van der Waals surface area (Å²) in [6, 6.07) is -0.0702. The second-order valence-electron chi connectivity index (χ2n) is 4.42. The SMILES string of the molecule is CC[C@@H](NC(=O)c1cnoc1C)c1nc(C)c(C)s1. The molecule has 0 aliphatic heterocycles. The number of rotatable bonds is 4. The first-order valence-electron chi connectivity index (χ1n) is 6.19. The maximum absolute atomic E-state index is 12.1. The van der Waals surface area contributed by atoms with Gasteiger partial charge in [0.25, 0.3) is 5.91 Å². The Bertz CT molecular complexity index is 569. The number of aromatic nitrogens is 2. The molecule has 0 radical (unpaired) electrons. The summed E-state index contributed by atoms with van der Waals surface area (Å²) in [5, 5.41) is 7.54. The Balaban J connectivity index is 2.16. The van der Waals surface area contributed by atoms with Gasteiger partial charge >= 0.3 is 0 Å². The smallest absolute Gasteiger partial charge is 0.257 e. The first-order valence-corrected chi connectivity index (χ1v) is 7.00. The molecule has 6 heteroatoms. The molecule has 5 nitrogen and oxygen atoms in total. The van der Waals surface area contributed by atoms with Gasteiger partial charge in [-0.2, -0.15) is 0 Å². The summed E-state index contributed by atoms with van der Waals surface area (Å²) < 4.78 is 4.91. The van der Waals surface area contributed by atoms with Crippen molar-refractivity contribution in [2.45, 2.75) is 40.2 Å². The van der Waals surface area contributed by atoms with E-state index in [-0.39, 0.29) is 11.9 Å². The highest BCUT2D eigenvalue weighted by atomic mass is 32.1. The number of nitrogens with one attached hydrogen (secondary N) is 1. The number of aryl methyl sites for hydroxylation is 3. The van der Waals surface area contributed by atoms with Crippen molar-refractivity contribution in [1.82, 2.24) is 15.5 Å². The van der Waals surface area contributed by atoms with E-state index in [1.807, 2.05) is 20.8 Å². The number of hydrogen-bond donors (Lipinski definition) is 1. The lowest BCUT2D eigenvalue weighted by molar-refractivity contribution is 0.0934. The number of carbonyl (C=O) groups excluding carboxylic acids is 1. The second kappa shape index (κ2) is 5.52. The molecule has 2 aromatic heterocycles. The van der Waals surface area contributed by atoms with Crippen LogP contribution in [-0.4, -0.2) is 16.0 Å². The van der Waals surface area contributed by atoms with E-state index >= 15 is 0 Å². The Hall–Kier alpha value is -1.69. The minimum Gasteiger partial charge on any atom is -0.361 e. The zero-order valence-corrected chi connectivity index (χ0v) is 12.3. The highest BCUT2D eigenvalue weighted by molar-refractivity contribution is 7.11. The lowest BCUT2D eigenvalue weighted by Crippen LogP contribution is -2.28. The van der Waals surface area contributed by atoms with Crippen molar-refractivity contribution in [2.24, 2.45) is 0 Å². The summed E-state index contributed by atoms with van der Waals surface area (Å²) in [4.78, 5) is 17.8. The van der Waals surface area contributed by atoms with Crippen LogP contribution >= 0.6 is 11.3 Å². The first-order chi connectivity index (χ1) is 9.02. The van der Waals surface area contributed by atoms with E-state index in [0.717, 1.165) is 17.1 Å². The van der Waals surface area contributed by atoms with E-state index in [0.29, 0.717) is 11.3 Å². The van der Waals surface area contributed by atoms with Gasteiger partial charge in [0.1, 0.15) is 16.3 Å². The third-order valence-corrected chi connectivity index (χ3v) is 4.24. The molecule has 0 aromatic carbocycles. The van der Waals surface area contributed by atoms with Crippen LogP contribution in [-0.2, 0) is 0 Å². The van der Waals surface area contributed by atoms with Crippen molar-refractivity contribution in [3.63, 3.8) is 0 Å². The zero-order valence-electron chi connectivity index (χ0n) is 11.5. The average Bonchev–Trinajstić information content (AvgIpc) is 2.93. The maximum atomic E-state index is 12.1. The van der Waals surface area contributed by atoms with Gasteiger partial charge in [-0.15, -0.1) is 11.3 Å². The molecular formula is C13H17N3O2S. The van der Waals surface area contributed by atoms with Crippen molar-refractivity contribution < 1.29 is 9.32 Å². The number of carbonyl (C=O) groups is 1. The Morgan fingerprint density at radius 2 is 2.21 bits per heavy atom. The van der Waals surface area contributed by atoms with E-state index in [1.54, 1.807) is 18.3 Å². The van der Waals surface area contributed by atoms with E-state index in [1.165, 1.54) is 11.1 Å². The summed E-state index contributed by atoms with van der Waals surface area (Å²) in [7, 11) is 0. The predicted molar refractivity (Wildman–Crippen MR) is 73.3 cm³/mol. The molecule has 1 atom stereocenters. The van der Waals surface area contributed by atoms with Gasteiger partial charge in [-0.05, 0) is 27.2 Å². The molecule has 2 aromatic rings. The van der Waals surface area contributed by atoms with Crippen LogP contribution in [0.2, 0.25) is 0 Å². The summed E-state index contributed by atoms with van der Waals surface area (Å²) >= 11 is 1.63. The molecule has 0 spiro atoms.